The molecular formula is C18H23NOS. The zero-order valence-corrected chi connectivity index (χ0v) is 13.4. The van der Waals surface area contributed by atoms with E-state index in [9.17, 15) is 4.79 Å². The third-order valence-electron chi connectivity index (χ3n) is 6.40. The second kappa shape index (κ2) is 4.52. The van der Waals surface area contributed by atoms with Crippen molar-refractivity contribution in [1.82, 2.24) is 0 Å². The molecule has 2 N–H and O–H groups in total. The first-order valence-electron chi connectivity index (χ1n) is 7.97. The highest BCUT2D eigenvalue weighted by Gasteiger charge is 2.63. The summed E-state index contributed by atoms with van der Waals surface area (Å²) in [6.07, 6.45) is 7.76. The maximum Gasteiger partial charge on any atom is 0.223 e. The van der Waals surface area contributed by atoms with E-state index in [0.29, 0.717) is 11.8 Å². The molecule has 4 bridgehead atoms. The van der Waals surface area contributed by atoms with Crippen molar-refractivity contribution in [3.63, 3.8) is 0 Å². The normalized spacial score (nSPS) is 44.0. The summed E-state index contributed by atoms with van der Waals surface area (Å²) < 4.78 is 0. The molecule has 0 saturated heterocycles. The van der Waals surface area contributed by atoms with Crippen LogP contribution < -0.4 is 5.73 Å². The van der Waals surface area contributed by atoms with Crippen molar-refractivity contribution < 1.29 is 4.79 Å². The summed E-state index contributed by atoms with van der Waals surface area (Å²) >= 11 is 2.01. The van der Waals surface area contributed by atoms with Gasteiger partial charge in [-0.2, -0.15) is 11.8 Å². The lowest BCUT2D eigenvalue weighted by Crippen LogP contribution is -2.62. The van der Waals surface area contributed by atoms with Crippen LogP contribution >= 0.6 is 11.8 Å². The van der Waals surface area contributed by atoms with E-state index in [4.69, 9.17) is 5.73 Å². The van der Waals surface area contributed by atoms with E-state index < -0.39 is 0 Å². The zero-order chi connectivity index (χ0) is 14.7. The fourth-order valence-electron chi connectivity index (χ4n) is 5.91. The number of hydrogen-bond acceptors (Lipinski definition) is 2. The number of benzene rings is 1. The van der Waals surface area contributed by atoms with E-state index >= 15 is 0 Å². The maximum atomic E-state index is 12.2. The lowest BCUT2D eigenvalue weighted by Gasteiger charge is -2.63. The summed E-state index contributed by atoms with van der Waals surface area (Å²) in [5, 5.41) is 0.731. The molecule has 2 nitrogen and oxygen atoms in total. The minimum Gasteiger partial charge on any atom is -0.369 e. The number of carbonyl (C=O) groups is 1. The van der Waals surface area contributed by atoms with Crippen LogP contribution in [0.1, 0.15) is 37.7 Å². The van der Waals surface area contributed by atoms with Crippen molar-refractivity contribution in [2.75, 3.05) is 6.26 Å². The Bertz CT molecular complexity index is 554. The van der Waals surface area contributed by atoms with Crippen LogP contribution in [0.25, 0.3) is 0 Å². The van der Waals surface area contributed by atoms with Gasteiger partial charge in [0.25, 0.3) is 0 Å². The van der Waals surface area contributed by atoms with Gasteiger partial charge < -0.3 is 5.73 Å². The Labute approximate surface area is 130 Å². The third-order valence-corrected chi connectivity index (χ3v) is 7.71. The monoisotopic (exact) mass is 301 g/mol. The van der Waals surface area contributed by atoms with Crippen molar-refractivity contribution in [3.8, 4) is 0 Å². The number of amides is 1. The molecule has 0 aliphatic heterocycles. The standard InChI is InChI=1S/C18H23NOS/c1-21-15-12-7-17(14-5-3-2-4-6-14)8-13(15)10-18(9-12,11-17)16(19)20/h2-6,12-13,15H,7-11H2,1H3,(H2,19,20). The first kappa shape index (κ1) is 13.7. The molecule has 2 unspecified atom stereocenters. The van der Waals surface area contributed by atoms with Crippen LogP contribution in [0.15, 0.2) is 30.3 Å². The van der Waals surface area contributed by atoms with Crippen LogP contribution in [0.2, 0.25) is 0 Å². The summed E-state index contributed by atoms with van der Waals surface area (Å²) in [6.45, 7) is 0. The molecule has 112 valence electrons. The largest absolute Gasteiger partial charge is 0.369 e. The molecule has 4 fully saturated rings. The Kier molecular flexibility index (Phi) is 2.94. The molecule has 1 aromatic rings. The van der Waals surface area contributed by atoms with E-state index in [-0.39, 0.29) is 16.7 Å². The molecule has 4 aliphatic carbocycles. The maximum absolute atomic E-state index is 12.2. The zero-order valence-electron chi connectivity index (χ0n) is 12.5. The van der Waals surface area contributed by atoms with E-state index in [1.54, 1.807) is 0 Å². The third kappa shape index (κ3) is 1.82. The van der Waals surface area contributed by atoms with Crippen LogP contribution in [0, 0.1) is 17.3 Å². The molecule has 1 amide bonds. The lowest BCUT2D eigenvalue weighted by molar-refractivity contribution is -0.144. The quantitative estimate of drug-likeness (QED) is 0.930. The Morgan fingerprint density at radius 3 is 2.29 bits per heavy atom. The van der Waals surface area contributed by atoms with Crippen molar-refractivity contribution in [2.45, 2.75) is 42.8 Å². The Morgan fingerprint density at radius 2 is 1.76 bits per heavy atom. The summed E-state index contributed by atoms with van der Waals surface area (Å²) in [6, 6.07) is 10.9. The van der Waals surface area contributed by atoms with Gasteiger partial charge in [0.1, 0.15) is 0 Å². The van der Waals surface area contributed by atoms with Gasteiger partial charge in [0.2, 0.25) is 5.91 Å². The lowest BCUT2D eigenvalue weighted by atomic mass is 9.42. The minimum absolute atomic E-state index is 0.0447. The number of hydrogen-bond donors (Lipinski definition) is 1. The number of primary amides is 1. The fourth-order valence-corrected chi connectivity index (χ4v) is 7.06. The summed E-state index contributed by atoms with van der Waals surface area (Å²) in [7, 11) is 0. The molecule has 2 atom stereocenters. The summed E-state index contributed by atoms with van der Waals surface area (Å²) in [5.74, 6) is 1.28. The van der Waals surface area contributed by atoms with Crippen LogP contribution in [0.3, 0.4) is 0 Å². The van der Waals surface area contributed by atoms with Gasteiger partial charge in [0.05, 0.1) is 5.41 Å². The highest BCUT2D eigenvalue weighted by atomic mass is 32.2. The van der Waals surface area contributed by atoms with Gasteiger partial charge in [-0.3, -0.25) is 4.79 Å². The van der Waals surface area contributed by atoms with E-state index in [2.05, 4.69) is 36.6 Å². The molecule has 0 spiro atoms. The van der Waals surface area contributed by atoms with Crippen LogP contribution in [0.4, 0.5) is 0 Å². The second-order valence-electron chi connectivity index (χ2n) is 7.50. The van der Waals surface area contributed by atoms with Gasteiger partial charge in [0, 0.05) is 5.25 Å². The first-order valence-corrected chi connectivity index (χ1v) is 9.26. The highest BCUT2D eigenvalue weighted by Crippen LogP contribution is 2.67. The van der Waals surface area contributed by atoms with Gasteiger partial charge in [-0.15, -0.1) is 0 Å². The molecule has 5 rings (SSSR count). The predicted octanol–water partition coefficient (Wildman–Crippen LogP) is 3.35. The average molecular weight is 301 g/mol. The number of carbonyl (C=O) groups excluding carboxylic acids is 1. The molecule has 3 heteroatoms. The molecule has 0 radical (unpaired) electrons. The molecule has 4 saturated carbocycles. The van der Waals surface area contributed by atoms with Crippen LogP contribution in [-0.2, 0) is 10.2 Å². The second-order valence-corrected chi connectivity index (χ2v) is 8.52. The Balaban J connectivity index is 1.80. The summed E-state index contributed by atoms with van der Waals surface area (Å²) in [5.41, 5.74) is 7.28. The van der Waals surface area contributed by atoms with Gasteiger partial charge in [-0.05, 0) is 61.2 Å². The average Bonchev–Trinajstić information content (AvgIpc) is 2.47. The first-order chi connectivity index (χ1) is 10.1. The van der Waals surface area contributed by atoms with Gasteiger partial charge in [-0.1, -0.05) is 30.3 Å². The van der Waals surface area contributed by atoms with Crippen LogP contribution in [0.5, 0.6) is 0 Å². The molecule has 0 aromatic heterocycles. The highest BCUT2D eigenvalue weighted by molar-refractivity contribution is 7.99. The van der Waals surface area contributed by atoms with Gasteiger partial charge in [-0.25, -0.2) is 0 Å². The number of rotatable bonds is 3. The van der Waals surface area contributed by atoms with Crippen molar-refractivity contribution in [3.05, 3.63) is 35.9 Å². The van der Waals surface area contributed by atoms with Crippen molar-refractivity contribution in [2.24, 2.45) is 23.0 Å². The van der Waals surface area contributed by atoms with Crippen LogP contribution in [-0.4, -0.2) is 17.4 Å². The molecule has 4 aliphatic rings. The van der Waals surface area contributed by atoms with Gasteiger partial charge >= 0.3 is 0 Å². The SMILES string of the molecule is CSC1C2CC3(C(N)=O)CC1CC(c1ccccc1)(C2)C3. The summed E-state index contributed by atoms with van der Waals surface area (Å²) in [4.78, 5) is 12.2. The number of thioether (sulfide) groups is 1. The Hall–Kier alpha value is -0.960. The van der Waals surface area contributed by atoms with E-state index in [1.165, 1.54) is 18.4 Å². The van der Waals surface area contributed by atoms with E-state index in [1.807, 2.05) is 11.8 Å². The number of nitrogens with two attached hydrogens (primary N) is 1. The van der Waals surface area contributed by atoms with Gasteiger partial charge in [0.15, 0.2) is 0 Å². The smallest absolute Gasteiger partial charge is 0.223 e. The van der Waals surface area contributed by atoms with Crippen molar-refractivity contribution >= 4 is 17.7 Å². The predicted molar refractivity (Wildman–Crippen MR) is 87.1 cm³/mol. The molecule has 21 heavy (non-hydrogen) atoms. The Morgan fingerprint density at radius 1 is 1.14 bits per heavy atom. The minimum atomic E-state index is -0.228. The van der Waals surface area contributed by atoms with Crippen molar-refractivity contribution in [1.29, 1.82) is 0 Å². The molecule has 1 aromatic carbocycles. The van der Waals surface area contributed by atoms with E-state index in [0.717, 1.165) is 24.5 Å². The molecular weight excluding hydrogens is 278 g/mol. The topological polar surface area (TPSA) is 43.1 Å². The molecule has 0 heterocycles. The fraction of sp³-hybridized carbons (Fsp3) is 0.611.